The first-order valence-electron chi connectivity index (χ1n) is 8.30. The van der Waals surface area contributed by atoms with Gasteiger partial charge in [0, 0.05) is 19.1 Å². The molecule has 134 valence electrons. The van der Waals surface area contributed by atoms with Crippen molar-refractivity contribution < 1.29 is 9.53 Å². The standard InChI is InChI=1S/C19H23N3O2.ClH/c20-15-10-12-22(13-11-15)14-19(23)21-17-8-4-5-9-18(17)24-16-6-2-1-3-7-16;/h1-9,15H,10-14,20H2,(H,21,23);1H. The molecule has 0 radical (unpaired) electrons. The molecule has 1 aliphatic heterocycles. The third-order valence-electron chi connectivity index (χ3n) is 4.13. The quantitative estimate of drug-likeness (QED) is 0.857. The molecule has 25 heavy (non-hydrogen) atoms. The molecule has 0 aromatic heterocycles. The summed E-state index contributed by atoms with van der Waals surface area (Å²) in [5, 5.41) is 2.95. The van der Waals surface area contributed by atoms with Gasteiger partial charge in [-0.15, -0.1) is 12.4 Å². The van der Waals surface area contributed by atoms with Crippen LogP contribution in [0.4, 0.5) is 5.69 Å². The van der Waals surface area contributed by atoms with Gasteiger partial charge in [-0.05, 0) is 37.1 Å². The monoisotopic (exact) mass is 361 g/mol. The molecule has 2 aromatic carbocycles. The number of nitrogens with two attached hydrogens (primary N) is 1. The molecule has 0 bridgehead atoms. The Hall–Kier alpha value is -2.08. The van der Waals surface area contributed by atoms with Crippen LogP contribution in [0.3, 0.4) is 0 Å². The maximum absolute atomic E-state index is 12.3. The lowest BCUT2D eigenvalue weighted by Crippen LogP contribution is -2.43. The van der Waals surface area contributed by atoms with E-state index in [2.05, 4.69) is 10.2 Å². The molecule has 0 atom stereocenters. The molecule has 1 heterocycles. The normalized spacial score (nSPS) is 15.2. The molecule has 3 rings (SSSR count). The number of hydrogen-bond donors (Lipinski definition) is 2. The maximum atomic E-state index is 12.3. The van der Waals surface area contributed by atoms with Gasteiger partial charge in [0.1, 0.15) is 5.75 Å². The first-order chi connectivity index (χ1) is 11.7. The summed E-state index contributed by atoms with van der Waals surface area (Å²) in [5.41, 5.74) is 6.58. The number of nitrogens with zero attached hydrogens (tertiary/aromatic N) is 1. The third-order valence-corrected chi connectivity index (χ3v) is 4.13. The maximum Gasteiger partial charge on any atom is 0.238 e. The Morgan fingerprint density at radius 1 is 1.08 bits per heavy atom. The van der Waals surface area contributed by atoms with Crippen LogP contribution in [0.1, 0.15) is 12.8 Å². The average molecular weight is 362 g/mol. The van der Waals surface area contributed by atoms with Crippen molar-refractivity contribution in [2.24, 2.45) is 5.73 Å². The van der Waals surface area contributed by atoms with Gasteiger partial charge in [0.15, 0.2) is 5.75 Å². The molecule has 2 aromatic rings. The van der Waals surface area contributed by atoms with Gasteiger partial charge in [-0.1, -0.05) is 30.3 Å². The van der Waals surface area contributed by atoms with Crippen LogP contribution in [0.2, 0.25) is 0 Å². The summed E-state index contributed by atoms with van der Waals surface area (Å²) in [7, 11) is 0. The second kappa shape index (κ2) is 9.42. The van der Waals surface area contributed by atoms with E-state index >= 15 is 0 Å². The smallest absolute Gasteiger partial charge is 0.238 e. The van der Waals surface area contributed by atoms with Crippen LogP contribution in [-0.4, -0.2) is 36.5 Å². The first-order valence-corrected chi connectivity index (χ1v) is 8.30. The number of likely N-dealkylation sites (tertiary alicyclic amines) is 1. The van der Waals surface area contributed by atoms with Gasteiger partial charge in [0.25, 0.3) is 0 Å². The fourth-order valence-electron chi connectivity index (χ4n) is 2.78. The zero-order valence-corrected chi connectivity index (χ0v) is 14.9. The molecule has 1 fully saturated rings. The Morgan fingerprint density at radius 2 is 1.72 bits per heavy atom. The van der Waals surface area contributed by atoms with Gasteiger partial charge in [-0.2, -0.15) is 0 Å². The zero-order chi connectivity index (χ0) is 16.8. The summed E-state index contributed by atoms with van der Waals surface area (Å²) in [6.45, 7) is 2.12. The fraction of sp³-hybridized carbons (Fsp3) is 0.316. The summed E-state index contributed by atoms with van der Waals surface area (Å²) in [6, 6.07) is 17.3. The van der Waals surface area contributed by atoms with Crippen LogP contribution in [0, 0.1) is 0 Å². The van der Waals surface area contributed by atoms with Gasteiger partial charge in [0.2, 0.25) is 5.91 Å². The second-order valence-electron chi connectivity index (χ2n) is 6.07. The van der Waals surface area contributed by atoms with Crippen LogP contribution in [0.5, 0.6) is 11.5 Å². The fourth-order valence-corrected chi connectivity index (χ4v) is 2.78. The molecule has 5 nitrogen and oxygen atoms in total. The Bertz CT molecular complexity index is 673. The lowest BCUT2D eigenvalue weighted by molar-refractivity contribution is -0.117. The third kappa shape index (κ3) is 5.74. The minimum atomic E-state index is -0.0328. The van der Waals surface area contributed by atoms with E-state index in [1.54, 1.807) is 0 Å². The Labute approximate surface area is 154 Å². The molecular weight excluding hydrogens is 338 g/mol. The minimum Gasteiger partial charge on any atom is -0.455 e. The number of halogens is 1. The van der Waals surface area contributed by atoms with Crippen molar-refractivity contribution in [1.82, 2.24) is 4.90 Å². The summed E-state index contributed by atoms with van der Waals surface area (Å²) in [5.74, 6) is 1.34. The number of benzene rings is 2. The molecule has 1 saturated heterocycles. The molecule has 1 aliphatic rings. The van der Waals surface area contributed by atoms with E-state index in [-0.39, 0.29) is 24.4 Å². The number of carbonyl (C=O) groups is 1. The number of para-hydroxylation sites is 3. The van der Waals surface area contributed by atoms with E-state index in [0.29, 0.717) is 18.0 Å². The van der Waals surface area contributed by atoms with E-state index < -0.39 is 0 Å². The number of amides is 1. The van der Waals surface area contributed by atoms with Gasteiger partial charge in [0.05, 0.1) is 12.2 Å². The van der Waals surface area contributed by atoms with Crippen molar-refractivity contribution in [3.63, 3.8) is 0 Å². The van der Waals surface area contributed by atoms with Crippen LogP contribution in [-0.2, 0) is 4.79 Å². The Balaban J connectivity index is 0.00000225. The van der Waals surface area contributed by atoms with Crippen LogP contribution in [0.25, 0.3) is 0 Å². The average Bonchev–Trinajstić information content (AvgIpc) is 2.60. The largest absolute Gasteiger partial charge is 0.455 e. The second-order valence-corrected chi connectivity index (χ2v) is 6.07. The number of carbonyl (C=O) groups excluding carboxylic acids is 1. The van der Waals surface area contributed by atoms with Crippen molar-refractivity contribution in [3.8, 4) is 11.5 Å². The summed E-state index contributed by atoms with van der Waals surface area (Å²) in [4.78, 5) is 14.5. The number of ether oxygens (including phenoxy) is 1. The van der Waals surface area contributed by atoms with Crippen LogP contribution in [0.15, 0.2) is 54.6 Å². The highest BCUT2D eigenvalue weighted by Crippen LogP contribution is 2.29. The number of piperidine rings is 1. The van der Waals surface area contributed by atoms with E-state index in [9.17, 15) is 4.79 Å². The summed E-state index contributed by atoms with van der Waals surface area (Å²) >= 11 is 0. The Kier molecular flexibility index (Phi) is 7.25. The van der Waals surface area contributed by atoms with E-state index in [0.717, 1.165) is 31.7 Å². The SMILES string of the molecule is Cl.NC1CCN(CC(=O)Nc2ccccc2Oc2ccccc2)CC1. The highest BCUT2D eigenvalue weighted by Gasteiger charge is 2.18. The van der Waals surface area contributed by atoms with E-state index in [1.165, 1.54) is 0 Å². The van der Waals surface area contributed by atoms with Crippen LogP contribution < -0.4 is 15.8 Å². The molecule has 0 saturated carbocycles. The molecule has 0 unspecified atom stereocenters. The lowest BCUT2D eigenvalue weighted by Gasteiger charge is -2.29. The van der Waals surface area contributed by atoms with Crippen molar-refractivity contribution in [2.45, 2.75) is 18.9 Å². The highest BCUT2D eigenvalue weighted by molar-refractivity contribution is 5.93. The summed E-state index contributed by atoms with van der Waals surface area (Å²) < 4.78 is 5.87. The predicted molar refractivity (Wildman–Crippen MR) is 102 cm³/mol. The molecule has 0 aliphatic carbocycles. The number of rotatable bonds is 5. The van der Waals surface area contributed by atoms with Gasteiger partial charge in [-0.3, -0.25) is 9.69 Å². The first kappa shape index (κ1) is 19.2. The number of hydrogen-bond acceptors (Lipinski definition) is 4. The van der Waals surface area contributed by atoms with Crippen molar-refractivity contribution in [3.05, 3.63) is 54.6 Å². The van der Waals surface area contributed by atoms with Gasteiger partial charge >= 0.3 is 0 Å². The van der Waals surface area contributed by atoms with Crippen molar-refractivity contribution >= 4 is 24.0 Å². The molecule has 1 amide bonds. The predicted octanol–water partition coefficient (Wildman–Crippen LogP) is 3.26. The Morgan fingerprint density at radius 3 is 2.44 bits per heavy atom. The topological polar surface area (TPSA) is 67.6 Å². The van der Waals surface area contributed by atoms with Gasteiger partial charge in [-0.25, -0.2) is 0 Å². The lowest BCUT2D eigenvalue weighted by atomic mass is 10.1. The zero-order valence-electron chi connectivity index (χ0n) is 14.1. The molecule has 3 N–H and O–H groups in total. The molecule has 0 spiro atoms. The van der Waals surface area contributed by atoms with E-state index in [1.807, 2.05) is 54.6 Å². The molecule has 6 heteroatoms. The van der Waals surface area contributed by atoms with Gasteiger partial charge < -0.3 is 15.8 Å². The minimum absolute atomic E-state index is 0. The van der Waals surface area contributed by atoms with Crippen LogP contribution >= 0.6 is 12.4 Å². The van der Waals surface area contributed by atoms with Crippen molar-refractivity contribution in [2.75, 3.05) is 25.0 Å². The number of anilines is 1. The van der Waals surface area contributed by atoms with Crippen molar-refractivity contribution in [1.29, 1.82) is 0 Å². The van der Waals surface area contributed by atoms with E-state index in [4.69, 9.17) is 10.5 Å². The highest BCUT2D eigenvalue weighted by atomic mass is 35.5. The number of nitrogens with one attached hydrogen (secondary N) is 1. The summed E-state index contributed by atoms with van der Waals surface area (Å²) in [6.07, 6.45) is 1.89. The molecular formula is C19H24ClN3O2.